The van der Waals surface area contributed by atoms with Gasteiger partial charge in [0.05, 0.1) is 17.2 Å². The third-order valence-electron chi connectivity index (χ3n) is 3.28. The number of carbonyl (C=O) groups excluding carboxylic acids is 2. The molecule has 0 saturated heterocycles. The summed E-state index contributed by atoms with van der Waals surface area (Å²) >= 11 is 1.53. The highest BCUT2D eigenvalue weighted by molar-refractivity contribution is 7.10. The number of carbonyl (C=O) groups is 2. The van der Waals surface area contributed by atoms with E-state index in [0.717, 1.165) is 4.88 Å². The molecule has 1 aromatic heterocycles. The molecule has 0 radical (unpaired) electrons. The number of thiophene rings is 1. The number of nitrogen functional groups attached to an aromatic ring is 1. The summed E-state index contributed by atoms with van der Waals surface area (Å²) in [6.07, 6.45) is 0. The molecule has 0 spiro atoms. The van der Waals surface area contributed by atoms with Gasteiger partial charge in [0.25, 0.3) is 11.8 Å². The fourth-order valence-corrected chi connectivity index (χ4v) is 3.06. The van der Waals surface area contributed by atoms with Gasteiger partial charge in [-0.15, -0.1) is 11.3 Å². The number of imide groups is 1. The zero-order valence-electron chi connectivity index (χ0n) is 10.3. The van der Waals surface area contributed by atoms with Crippen LogP contribution in [-0.4, -0.2) is 16.7 Å². The Hall–Kier alpha value is -2.14. The Balaban J connectivity index is 2.03. The van der Waals surface area contributed by atoms with Gasteiger partial charge in [-0.1, -0.05) is 6.07 Å². The van der Waals surface area contributed by atoms with Crippen LogP contribution < -0.4 is 5.73 Å². The van der Waals surface area contributed by atoms with Crippen LogP contribution >= 0.6 is 11.3 Å². The molecule has 5 heteroatoms. The fraction of sp³-hybridized carbons (Fsp3) is 0.143. The first kappa shape index (κ1) is 11.9. The Morgan fingerprint density at radius 2 is 1.89 bits per heavy atom. The number of rotatable bonds is 2. The number of fused-ring (bicyclic) bond motifs is 1. The predicted octanol–water partition coefficient (Wildman–Crippen LogP) is 2.69. The number of nitrogens with two attached hydrogens (primary N) is 1. The third-order valence-corrected chi connectivity index (χ3v) is 4.33. The van der Waals surface area contributed by atoms with Crippen LogP contribution in [0, 0.1) is 0 Å². The molecule has 0 aliphatic carbocycles. The molecule has 1 aromatic carbocycles. The molecule has 1 unspecified atom stereocenters. The second-order valence-corrected chi connectivity index (χ2v) is 5.46. The van der Waals surface area contributed by atoms with Gasteiger partial charge in [-0.2, -0.15) is 0 Å². The maximum atomic E-state index is 12.4. The first-order valence-electron chi connectivity index (χ1n) is 5.90. The van der Waals surface area contributed by atoms with Crippen LogP contribution in [0.5, 0.6) is 0 Å². The molecule has 2 aromatic rings. The highest BCUT2D eigenvalue weighted by Crippen LogP contribution is 2.33. The van der Waals surface area contributed by atoms with Crippen LogP contribution in [0.2, 0.25) is 0 Å². The lowest BCUT2D eigenvalue weighted by molar-refractivity contribution is 0.0598. The maximum Gasteiger partial charge on any atom is 0.262 e. The van der Waals surface area contributed by atoms with Gasteiger partial charge < -0.3 is 5.73 Å². The number of hydrogen-bond acceptors (Lipinski definition) is 4. The van der Waals surface area contributed by atoms with Crippen LogP contribution in [-0.2, 0) is 0 Å². The van der Waals surface area contributed by atoms with Gasteiger partial charge in [-0.25, -0.2) is 0 Å². The topological polar surface area (TPSA) is 63.4 Å². The minimum absolute atomic E-state index is 0.249. The van der Waals surface area contributed by atoms with Crippen molar-refractivity contribution in [2.45, 2.75) is 13.0 Å². The second-order valence-electron chi connectivity index (χ2n) is 4.48. The van der Waals surface area contributed by atoms with E-state index < -0.39 is 0 Å². The van der Waals surface area contributed by atoms with Crippen LogP contribution in [0.3, 0.4) is 0 Å². The van der Waals surface area contributed by atoms with E-state index in [2.05, 4.69) is 0 Å². The van der Waals surface area contributed by atoms with Crippen LogP contribution in [0.1, 0.15) is 38.6 Å². The zero-order valence-corrected chi connectivity index (χ0v) is 11.1. The molecule has 0 fully saturated rings. The first-order valence-corrected chi connectivity index (χ1v) is 6.78. The predicted molar refractivity (Wildman–Crippen MR) is 74.1 cm³/mol. The molecule has 1 aliphatic rings. The summed E-state index contributed by atoms with van der Waals surface area (Å²) in [7, 11) is 0. The van der Waals surface area contributed by atoms with Gasteiger partial charge in [0, 0.05) is 10.6 Å². The quantitative estimate of drug-likeness (QED) is 0.675. The average molecular weight is 272 g/mol. The molecule has 2 N–H and O–H groups in total. The summed E-state index contributed by atoms with van der Waals surface area (Å²) in [4.78, 5) is 27.0. The minimum atomic E-state index is -0.270. The van der Waals surface area contributed by atoms with Crippen molar-refractivity contribution in [3.05, 3.63) is 51.7 Å². The molecule has 1 atom stereocenters. The minimum Gasteiger partial charge on any atom is -0.399 e. The van der Waals surface area contributed by atoms with Crippen molar-refractivity contribution < 1.29 is 9.59 Å². The van der Waals surface area contributed by atoms with Gasteiger partial charge in [-0.3, -0.25) is 14.5 Å². The Bertz CT molecular complexity index is 664. The van der Waals surface area contributed by atoms with Crippen LogP contribution in [0.25, 0.3) is 0 Å². The van der Waals surface area contributed by atoms with Crippen LogP contribution in [0.15, 0.2) is 35.7 Å². The maximum absolute atomic E-state index is 12.4. The summed E-state index contributed by atoms with van der Waals surface area (Å²) < 4.78 is 0. The lowest BCUT2D eigenvalue weighted by atomic mass is 10.1. The van der Waals surface area contributed by atoms with Crippen molar-refractivity contribution in [1.29, 1.82) is 0 Å². The highest BCUT2D eigenvalue weighted by atomic mass is 32.1. The van der Waals surface area contributed by atoms with Gasteiger partial charge in [0.15, 0.2) is 0 Å². The fourth-order valence-electron chi connectivity index (χ4n) is 2.29. The number of amides is 2. The normalized spacial score (nSPS) is 15.7. The van der Waals surface area contributed by atoms with E-state index in [0.29, 0.717) is 16.8 Å². The molecular weight excluding hydrogens is 260 g/mol. The molecule has 19 heavy (non-hydrogen) atoms. The zero-order chi connectivity index (χ0) is 13.6. The SMILES string of the molecule is CC(c1cccs1)N1C(=O)c2ccc(N)cc2C1=O. The molecule has 96 valence electrons. The van der Waals surface area contributed by atoms with Crippen molar-refractivity contribution in [1.82, 2.24) is 4.90 Å². The smallest absolute Gasteiger partial charge is 0.262 e. The Labute approximate surface area is 114 Å². The van der Waals surface area contributed by atoms with Crippen molar-refractivity contribution in [3.63, 3.8) is 0 Å². The number of anilines is 1. The van der Waals surface area contributed by atoms with Crippen molar-refractivity contribution in [2.24, 2.45) is 0 Å². The lowest BCUT2D eigenvalue weighted by Crippen LogP contribution is -2.32. The Morgan fingerprint density at radius 1 is 1.16 bits per heavy atom. The lowest BCUT2D eigenvalue weighted by Gasteiger charge is -2.21. The number of benzene rings is 1. The molecule has 2 amide bonds. The molecule has 0 bridgehead atoms. The van der Waals surface area contributed by atoms with E-state index in [1.807, 2.05) is 24.4 Å². The van der Waals surface area contributed by atoms with E-state index >= 15 is 0 Å². The summed E-state index contributed by atoms with van der Waals surface area (Å²) in [6.45, 7) is 1.86. The van der Waals surface area contributed by atoms with Crippen molar-refractivity contribution >= 4 is 28.8 Å². The molecule has 2 heterocycles. The molecular formula is C14H12N2O2S. The van der Waals surface area contributed by atoms with Gasteiger partial charge in [0.2, 0.25) is 0 Å². The van der Waals surface area contributed by atoms with E-state index in [4.69, 9.17) is 5.73 Å². The van der Waals surface area contributed by atoms with Crippen molar-refractivity contribution in [3.8, 4) is 0 Å². The van der Waals surface area contributed by atoms with E-state index in [1.54, 1.807) is 18.2 Å². The summed E-state index contributed by atoms with van der Waals surface area (Å²) in [5, 5.41) is 1.93. The average Bonchev–Trinajstić information content (AvgIpc) is 2.98. The standard InChI is InChI=1S/C14H12N2O2S/c1-8(12-3-2-6-19-12)16-13(17)10-5-4-9(15)7-11(10)14(16)18/h2-8H,15H2,1H3. The molecule has 1 aliphatic heterocycles. The second kappa shape index (κ2) is 4.20. The van der Waals surface area contributed by atoms with E-state index in [-0.39, 0.29) is 17.9 Å². The first-order chi connectivity index (χ1) is 9.09. The third kappa shape index (κ3) is 1.74. The van der Waals surface area contributed by atoms with Crippen molar-refractivity contribution in [2.75, 3.05) is 5.73 Å². The summed E-state index contributed by atoms with van der Waals surface area (Å²) in [6, 6.07) is 8.40. The van der Waals surface area contributed by atoms with Gasteiger partial charge in [-0.05, 0) is 36.6 Å². The largest absolute Gasteiger partial charge is 0.399 e. The molecule has 0 saturated carbocycles. The molecule has 4 nitrogen and oxygen atoms in total. The number of nitrogens with zero attached hydrogens (tertiary/aromatic N) is 1. The van der Waals surface area contributed by atoms with Gasteiger partial charge in [0.1, 0.15) is 0 Å². The summed E-state index contributed by atoms with van der Waals surface area (Å²) in [5.74, 6) is -0.519. The molecule has 3 rings (SSSR count). The van der Waals surface area contributed by atoms with E-state index in [1.165, 1.54) is 16.2 Å². The number of hydrogen-bond donors (Lipinski definition) is 1. The Kier molecular flexibility index (Phi) is 2.64. The van der Waals surface area contributed by atoms with Gasteiger partial charge >= 0.3 is 0 Å². The van der Waals surface area contributed by atoms with Crippen LogP contribution in [0.4, 0.5) is 5.69 Å². The highest BCUT2D eigenvalue weighted by Gasteiger charge is 2.39. The van der Waals surface area contributed by atoms with E-state index in [9.17, 15) is 9.59 Å². The monoisotopic (exact) mass is 272 g/mol. The summed E-state index contributed by atoms with van der Waals surface area (Å²) in [5.41, 5.74) is 7.00. The Morgan fingerprint density at radius 3 is 2.58 bits per heavy atom.